The van der Waals surface area contributed by atoms with Crippen molar-refractivity contribution in [3.05, 3.63) is 18.2 Å². The van der Waals surface area contributed by atoms with Crippen LogP contribution in [0.15, 0.2) is 23.1 Å². The molecule has 1 atom stereocenters. The van der Waals surface area contributed by atoms with Crippen LogP contribution in [0, 0.1) is 5.92 Å². The van der Waals surface area contributed by atoms with Crippen LogP contribution in [0.4, 0.5) is 11.4 Å². The predicted molar refractivity (Wildman–Crippen MR) is 76.4 cm³/mol. The second-order valence-electron chi connectivity index (χ2n) is 5.08. The van der Waals surface area contributed by atoms with Crippen LogP contribution in [0.5, 0.6) is 0 Å². The number of carbonyl (C=O) groups excluding carboxylic acids is 2. The highest BCUT2D eigenvalue weighted by atomic mass is 32.2. The number of carbonyl (C=O) groups is 2. The summed E-state index contributed by atoms with van der Waals surface area (Å²) in [6.45, 7) is 1.88. The molecule has 1 saturated carbocycles. The Morgan fingerprint density at radius 3 is 2.89 bits per heavy atom. The minimum atomic E-state index is -0.0667. The molecule has 1 aliphatic carbocycles. The molecule has 1 fully saturated rings. The number of nitrogens with one attached hydrogen (secondary N) is 2. The molecule has 1 aromatic rings. The van der Waals surface area contributed by atoms with Crippen LogP contribution in [0.2, 0.25) is 0 Å². The van der Waals surface area contributed by atoms with Gasteiger partial charge < -0.3 is 10.6 Å². The van der Waals surface area contributed by atoms with Crippen LogP contribution >= 0.6 is 11.8 Å². The van der Waals surface area contributed by atoms with Gasteiger partial charge in [-0.2, -0.15) is 0 Å². The first-order chi connectivity index (χ1) is 9.13. The first-order valence-electron chi connectivity index (χ1n) is 6.56. The molecule has 0 aromatic heterocycles. The summed E-state index contributed by atoms with van der Waals surface area (Å²) in [6, 6.07) is 5.68. The van der Waals surface area contributed by atoms with Crippen LogP contribution in [0.25, 0.3) is 0 Å². The fraction of sp³-hybridized carbons (Fsp3) is 0.429. The van der Waals surface area contributed by atoms with E-state index in [0.29, 0.717) is 0 Å². The molecule has 3 rings (SSSR count). The van der Waals surface area contributed by atoms with E-state index in [1.807, 2.05) is 25.1 Å². The van der Waals surface area contributed by atoms with Crippen LogP contribution in [-0.4, -0.2) is 17.1 Å². The number of benzene rings is 1. The Morgan fingerprint density at radius 2 is 2.21 bits per heavy atom. The smallest absolute Gasteiger partial charge is 0.237 e. The zero-order valence-corrected chi connectivity index (χ0v) is 11.5. The second-order valence-corrected chi connectivity index (χ2v) is 6.46. The molecule has 2 N–H and O–H groups in total. The maximum atomic E-state index is 11.9. The van der Waals surface area contributed by atoms with Gasteiger partial charge in [0, 0.05) is 16.5 Å². The molecular formula is C14H16N2O2S. The average Bonchev–Trinajstić information content (AvgIpc) is 2.28. The summed E-state index contributed by atoms with van der Waals surface area (Å²) in [5, 5.41) is 5.72. The fourth-order valence-corrected chi connectivity index (χ4v) is 3.13. The Labute approximate surface area is 116 Å². The summed E-state index contributed by atoms with van der Waals surface area (Å²) in [5.74, 6) is 0.273. The van der Waals surface area contributed by atoms with Gasteiger partial charge in [0.1, 0.15) is 0 Å². The van der Waals surface area contributed by atoms with Gasteiger partial charge in [-0.3, -0.25) is 9.59 Å². The summed E-state index contributed by atoms with van der Waals surface area (Å²) < 4.78 is 0. The number of fused-ring (bicyclic) bond motifs is 1. The molecule has 19 heavy (non-hydrogen) atoms. The predicted octanol–water partition coefficient (Wildman–Crippen LogP) is 2.86. The van der Waals surface area contributed by atoms with Crippen molar-refractivity contribution in [2.45, 2.75) is 36.3 Å². The van der Waals surface area contributed by atoms with E-state index in [1.54, 1.807) is 11.8 Å². The Kier molecular flexibility index (Phi) is 3.22. The maximum Gasteiger partial charge on any atom is 0.237 e. The molecule has 0 spiro atoms. The van der Waals surface area contributed by atoms with E-state index in [0.717, 1.165) is 35.5 Å². The minimum Gasteiger partial charge on any atom is -0.326 e. The number of hydrogen-bond donors (Lipinski definition) is 2. The summed E-state index contributed by atoms with van der Waals surface area (Å²) >= 11 is 1.54. The van der Waals surface area contributed by atoms with Gasteiger partial charge in [-0.05, 0) is 38.0 Å². The monoisotopic (exact) mass is 276 g/mol. The molecule has 100 valence electrons. The van der Waals surface area contributed by atoms with E-state index in [1.165, 1.54) is 0 Å². The highest BCUT2D eigenvalue weighted by Crippen LogP contribution is 2.37. The third kappa shape index (κ3) is 2.47. The lowest BCUT2D eigenvalue weighted by molar-refractivity contribution is -0.122. The van der Waals surface area contributed by atoms with Crippen molar-refractivity contribution >= 4 is 35.0 Å². The van der Waals surface area contributed by atoms with Crippen LogP contribution < -0.4 is 10.6 Å². The van der Waals surface area contributed by atoms with E-state index in [4.69, 9.17) is 0 Å². The van der Waals surface area contributed by atoms with Crippen molar-refractivity contribution in [3.63, 3.8) is 0 Å². The molecule has 1 unspecified atom stereocenters. The molecule has 0 radical (unpaired) electrons. The average molecular weight is 276 g/mol. The van der Waals surface area contributed by atoms with E-state index in [2.05, 4.69) is 10.6 Å². The van der Waals surface area contributed by atoms with Crippen molar-refractivity contribution in [3.8, 4) is 0 Å². The first-order valence-corrected chi connectivity index (χ1v) is 7.44. The topological polar surface area (TPSA) is 58.2 Å². The minimum absolute atomic E-state index is 0.0139. The molecule has 1 aliphatic heterocycles. The molecule has 2 aliphatic rings. The first kappa shape index (κ1) is 12.5. The molecule has 1 heterocycles. The van der Waals surface area contributed by atoms with Crippen LogP contribution in [0.1, 0.15) is 26.2 Å². The Balaban J connectivity index is 1.75. The molecule has 0 saturated heterocycles. The van der Waals surface area contributed by atoms with Crippen LogP contribution in [-0.2, 0) is 9.59 Å². The normalized spacial score (nSPS) is 22.2. The zero-order valence-electron chi connectivity index (χ0n) is 10.7. The third-order valence-electron chi connectivity index (χ3n) is 3.65. The van der Waals surface area contributed by atoms with E-state index < -0.39 is 0 Å². The summed E-state index contributed by atoms with van der Waals surface area (Å²) in [7, 11) is 0. The molecule has 0 bridgehead atoms. The van der Waals surface area contributed by atoms with Crippen molar-refractivity contribution in [1.82, 2.24) is 0 Å². The second kappa shape index (κ2) is 4.89. The lowest BCUT2D eigenvalue weighted by Gasteiger charge is -2.25. The maximum absolute atomic E-state index is 11.9. The molecule has 1 aromatic carbocycles. The third-order valence-corrected chi connectivity index (χ3v) is 4.83. The van der Waals surface area contributed by atoms with Gasteiger partial charge in [0.15, 0.2) is 0 Å². The Bertz CT molecular complexity index is 540. The van der Waals surface area contributed by atoms with Crippen molar-refractivity contribution in [2.75, 3.05) is 10.6 Å². The van der Waals surface area contributed by atoms with Crippen molar-refractivity contribution < 1.29 is 9.59 Å². The number of hydrogen-bond acceptors (Lipinski definition) is 3. The lowest BCUT2D eigenvalue weighted by Crippen LogP contribution is -2.28. The van der Waals surface area contributed by atoms with E-state index in [9.17, 15) is 9.59 Å². The molecule has 5 heteroatoms. The molecule has 4 nitrogen and oxygen atoms in total. The zero-order chi connectivity index (χ0) is 13.4. The summed E-state index contributed by atoms with van der Waals surface area (Å²) in [6.07, 6.45) is 3.12. The van der Waals surface area contributed by atoms with E-state index >= 15 is 0 Å². The van der Waals surface area contributed by atoms with E-state index in [-0.39, 0.29) is 23.0 Å². The highest BCUT2D eigenvalue weighted by Gasteiger charge is 2.26. The number of anilines is 2. The van der Waals surface area contributed by atoms with Crippen molar-refractivity contribution in [1.29, 1.82) is 0 Å². The molecular weight excluding hydrogens is 260 g/mol. The quantitative estimate of drug-likeness (QED) is 0.873. The Hall–Kier alpha value is -1.49. The van der Waals surface area contributed by atoms with Gasteiger partial charge in [0.2, 0.25) is 11.8 Å². The summed E-state index contributed by atoms with van der Waals surface area (Å²) in [4.78, 5) is 24.6. The SMILES string of the molecule is CC1Sc2ccc(NC(=O)C3CCC3)cc2NC1=O. The van der Waals surface area contributed by atoms with Gasteiger partial charge >= 0.3 is 0 Å². The van der Waals surface area contributed by atoms with Gasteiger partial charge in [-0.15, -0.1) is 11.8 Å². The fourth-order valence-electron chi connectivity index (χ4n) is 2.20. The van der Waals surface area contributed by atoms with Gasteiger partial charge in [0.05, 0.1) is 10.9 Å². The van der Waals surface area contributed by atoms with Crippen molar-refractivity contribution in [2.24, 2.45) is 5.92 Å². The van der Waals surface area contributed by atoms with Gasteiger partial charge in [0.25, 0.3) is 0 Å². The largest absolute Gasteiger partial charge is 0.326 e. The van der Waals surface area contributed by atoms with Gasteiger partial charge in [-0.25, -0.2) is 0 Å². The van der Waals surface area contributed by atoms with Gasteiger partial charge in [-0.1, -0.05) is 6.42 Å². The lowest BCUT2D eigenvalue weighted by atomic mass is 9.85. The number of thioether (sulfide) groups is 1. The summed E-state index contributed by atoms with van der Waals surface area (Å²) in [5.41, 5.74) is 1.55. The Morgan fingerprint density at radius 1 is 1.42 bits per heavy atom. The highest BCUT2D eigenvalue weighted by molar-refractivity contribution is 8.00. The molecule has 2 amide bonds. The number of rotatable bonds is 2. The number of amides is 2. The van der Waals surface area contributed by atoms with Crippen LogP contribution in [0.3, 0.4) is 0 Å². The standard InChI is InChI=1S/C14H16N2O2S/c1-8-13(17)16-11-7-10(5-6-12(11)19-8)15-14(18)9-3-2-4-9/h5-9H,2-4H2,1H3,(H,15,18)(H,16,17).